The van der Waals surface area contributed by atoms with E-state index in [1.54, 1.807) is 0 Å². The van der Waals surface area contributed by atoms with Crippen molar-refractivity contribution in [3.8, 4) is 0 Å². The van der Waals surface area contributed by atoms with Crippen LogP contribution in [0, 0.1) is 5.82 Å². The van der Waals surface area contributed by atoms with Gasteiger partial charge in [-0.15, -0.1) is 0 Å². The van der Waals surface area contributed by atoms with Crippen LogP contribution < -0.4 is 0 Å². The Balaban J connectivity index is 1.95. The van der Waals surface area contributed by atoms with Gasteiger partial charge in [-0.3, -0.25) is 19.3 Å². The van der Waals surface area contributed by atoms with Gasteiger partial charge in [-0.1, -0.05) is 12.1 Å². The van der Waals surface area contributed by atoms with Crippen molar-refractivity contribution < 1.29 is 37.1 Å². The lowest BCUT2D eigenvalue weighted by Crippen LogP contribution is -2.44. The number of hydrogen-bond donors (Lipinski definition) is 1. The summed E-state index contributed by atoms with van der Waals surface area (Å²) in [5.74, 6) is -4.90. The molecule has 2 aromatic carbocycles. The molecule has 0 radical (unpaired) electrons. The average Bonchev–Trinajstić information content (AvgIpc) is 2.61. The predicted molar refractivity (Wildman–Crippen MR) is 87.7 cm³/mol. The molecule has 1 atom stereocenters. The Hall–Kier alpha value is -3.23. The zero-order valence-corrected chi connectivity index (χ0v) is 14.2. The summed E-state index contributed by atoms with van der Waals surface area (Å²) in [4.78, 5) is 37.3. The van der Waals surface area contributed by atoms with E-state index in [-0.39, 0.29) is 23.2 Å². The minimum absolute atomic E-state index is 0.0129. The van der Waals surface area contributed by atoms with E-state index in [1.165, 1.54) is 0 Å². The Morgan fingerprint density at radius 1 is 1.07 bits per heavy atom. The van der Waals surface area contributed by atoms with Crippen molar-refractivity contribution in [3.05, 3.63) is 70.5 Å². The molecule has 1 N–H and O–H groups in total. The van der Waals surface area contributed by atoms with Gasteiger partial charge in [0.1, 0.15) is 5.82 Å². The number of fused-ring (bicyclic) bond motifs is 1. The van der Waals surface area contributed by atoms with Gasteiger partial charge in [0.25, 0.3) is 5.91 Å². The Morgan fingerprint density at radius 3 is 2.29 bits per heavy atom. The van der Waals surface area contributed by atoms with Crippen molar-refractivity contribution in [2.24, 2.45) is 0 Å². The zero-order chi connectivity index (χ0) is 20.6. The van der Waals surface area contributed by atoms with Gasteiger partial charge in [-0.2, -0.15) is 13.2 Å². The molecular formula is C19H13F4NO4. The van der Waals surface area contributed by atoms with Crippen LogP contribution in [0.3, 0.4) is 0 Å². The second kappa shape index (κ2) is 7.06. The summed E-state index contributed by atoms with van der Waals surface area (Å²) in [6.45, 7) is -0.331. The highest BCUT2D eigenvalue weighted by Gasteiger charge is 2.40. The van der Waals surface area contributed by atoms with Gasteiger partial charge in [0.05, 0.1) is 24.4 Å². The van der Waals surface area contributed by atoms with E-state index in [2.05, 4.69) is 0 Å². The van der Waals surface area contributed by atoms with Crippen molar-refractivity contribution in [2.75, 3.05) is 0 Å². The second-order valence-corrected chi connectivity index (χ2v) is 6.31. The van der Waals surface area contributed by atoms with Crippen molar-refractivity contribution in [3.63, 3.8) is 0 Å². The number of aliphatic carboxylic acids is 1. The number of carboxylic acid groups (broad SMARTS) is 1. The van der Waals surface area contributed by atoms with E-state index < -0.39 is 47.7 Å². The lowest BCUT2D eigenvalue weighted by molar-refractivity contribution is -0.141. The summed E-state index contributed by atoms with van der Waals surface area (Å²) >= 11 is 0. The molecule has 0 saturated heterocycles. The summed E-state index contributed by atoms with van der Waals surface area (Å²) in [7, 11) is 0. The molecule has 2 amide bonds. The predicted octanol–water partition coefficient (Wildman–Crippen LogP) is 3.59. The Morgan fingerprint density at radius 2 is 1.71 bits per heavy atom. The van der Waals surface area contributed by atoms with E-state index in [9.17, 15) is 31.9 Å². The summed E-state index contributed by atoms with van der Waals surface area (Å²) in [6.07, 6.45) is -5.17. The first kappa shape index (κ1) is 19.5. The Labute approximate surface area is 156 Å². The lowest BCUT2D eigenvalue weighted by atomic mass is 9.86. The third-order valence-corrected chi connectivity index (χ3v) is 4.43. The van der Waals surface area contributed by atoms with Crippen LogP contribution in [-0.2, 0) is 22.3 Å². The van der Waals surface area contributed by atoms with Crippen LogP contribution in [0.4, 0.5) is 17.6 Å². The first-order valence-corrected chi connectivity index (χ1v) is 8.11. The highest BCUT2D eigenvalue weighted by atomic mass is 19.4. The molecule has 1 aliphatic rings. The van der Waals surface area contributed by atoms with Gasteiger partial charge in [0, 0.05) is 5.56 Å². The average molecular weight is 395 g/mol. The first-order chi connectivity index (χ1) is 13.1. The number of alkyl halides is 3. The third kappa shape index (κ3) is 3.73. The van der Waals surface area contributed by atoms with Crippen molar-refractivity contribution >= 4 is 17.8 Å². The number of rotatable bonds is 4. The summed E-state index contributed by atoms with van der Waals surface area (Å²) in [5.41, 5.74) is -0.647. The molecule has 146 valence electrons. The van der Waals surface area contributed by atoms with Gasteiger partial charge in [0.2, 0.25) is 5.91 Å². The van der Waals surface area contributed by atoms with Crippen LogP contribution in [0.25, 0.3) is 0 Å². The fourth-order valence-electron chi connectivity index (χ4n) is 3.09. The van der Waals surface area contributed by atoms with E-state index in [4.69, 9.17) is 5.11 Å². The molecule has 5 nitrogen and oxygen atoms in total. The van der Waals surface area contributed by atoms with Crippen LogP contribution in [0.15, 0.2) is 42.5 Å². The maximum absolute atomic E-state index is 13.6. The molecule has 0 aliphatic carbocycles. The van der Waals surface area contributed by atoms with Crippen LogP contribution in [0.5, 0.6) is 0 Å². The van der Waals surface area contributed by atoms with E-state index in [0.29, 0.717) is 0 Å². The molecule has 3 rings (SSSR count). The van der Waals surface area contributed by atoms with Gasteiger partial charge < -0.3 is 5.11 Å². The maximum atomic E-state index is 13.6. The van der Waals surface area contributed by atoms with Gasteiger partial charge in [-0.25, -0.2) is 4.39 Å². The van der Waals surface area contributed by atoms with E-state index in [0.717, 1.165) is 47.4 Å². The molecule has 9 heteroatoms. The molecule has 1 unspecified atom stereocenters. The molecule has 0 aromatic heterocycles. The molecule has 1 heterocycles. The molecule has 0 bridgehead atoms. The number of amides is 2. The maximum Gasteiger partial charge on any atom is 0.416 e. The number of carboxylic acids is 1. The monoisotopic (exact) mass is 395 g/mol. The number of halogens is 4. The molecule has 0 saturated carbocycles. The molecule has 0 spiro atoms. The van der Waals surface area contributed by atoms with Crippen LogP contribution in [0.2, 0.25) is 0 Å². The second-order valence-electron chi connectivity index (χ2n) is 6.31. The first-order valence-electron chi connectivity index (χ1n) is 8.11. The number of nitrogens with zero attached hydrogens (tertiary/aromatic N) is 1. The fourth-order valence-corrected chi connectivity index (χ4v) is 3.09. The normalized spacial score (nSPS) is 16.9. The van der Waals surface area contributed by atoms with Crippen molar-refractivity contribution in [2.45, 2.75) is 25.1 Å². The fraction of sp³-hybridized carbons (Fsp3) is 0.211. The smallest absolute Gasteiger partial charge is 0.416 e. The van der Waals surface area contributed by atoms with Crippen LogP contribution in [0.1, 0.15) is 39.4 Å². The highest BCUT2D eigenvalue weighted by Crippen LogP contribution is 2.34. The van der Waals surface area contributed by atoms with Gasteiger partial charge in [0.15, 0.2) is 0 Å². The van der Waals surface area contributed by atoms with Crippen LogP contribution in [-0.4, -0.2) is 27.8 Å². The number of carbonyl (C=O) groups excluding carboxylic acids is 2. The topological polar surface area (TPSA) is 74.7 Å². The van der Waals surface area contributed by atoms with Gasteiger partial charge in [-0.05, 0) is 41.5 Å². The summed E-state index contributed by atoms with van der Waals surface area (Å²) in [5, 5.41) is 9.07. The largest absolute Gasteiger partial charge is 0.481 e. The van der Waals surface area contributed by atoms with Crippen molar-refractivity contribution in [1.29, 1.82) is 0 Å². The minimum Gasteiger partial charge on any atom is -0.481 e. The molecule has 2 aromatic rings. The highest BCUT2D eigenvalue weighted by molar-refractivity contribution is 6.12. The standard InChI is InChI=1S/C19H13F4NO4/c20-12-5-6-13-14(7-12)15(8-16(25)26)18(28)24(17(13)27)9-10-1-3-11(4-2-10)19(21,22)23/h1-7,15H,8-9H2,(H,25,26). The number of benzene rings is 2. The van der Waals surface area contributed by atoms with Crippen molar-refractivity contribution in [1.82, 2.24) is 4.90 Å². The summed E-state index contributed by atoms with van der Waals surface area (Å²) < 4.78 is 51.6. The van der Waals surface area contributed by atoms with E-state index >= 15 is 0 Å². The third-order valence-electron chi connectivity index (χ3n) is 4.43. The quantitative estimate of drug-likeness (QED) is 0.634. The van der Waals surface area contributed by atoms with Gasteiger partial charge >= 0.3 is 12.1 Å². The number of carbonyl (C=O) groups is 3. The lowest BCUT2D eigenvalue weighted by Gasteiger charge is -2.32. The molecule has 0 fully saturated rings. The minimum atomic E-state index is -4.52. The molecule has 28 heavy (non-hydrogen) atoms. The molecule has 1 aliphatic heterocycles. The van der Waals surface area contributed by atoms with E-state index in [1.807, 2.05) is 0 Å². The Bertz CT molecular complexity index is 953. The SMILES string of the molecule is O=C(O)CC1C(=O)N(Cc2ccc(C(F)(F)F)cc2)C(=O)c2ccc(F)cc21. The Kier molecular flexibility index (Phi) is 4.93. The number of hydrogen-bond acceptors (Lipinski definition) is 3. The van der Waals surface area contributed by atoms with Crippen LogP contribution >= 0.6 is 0 Å². The zero-order valence-electron chi connectivity index (χ0n) is 14.2. The number of imide groups is 1. The summed E-state index contributed by atoms with van der Waals surface area (Å²) in [6, 6.07) is 7.05. The molecular weight excluding hydrogens is 382 g/mol.